The quantitative estimate of drug-likeness (QED) is 0.776. The van der Waals surface area contributed by atoms with E-state index in [9.17, 15) is 9.59 Å². The maximum Gasteiger partial charge on any atom is 0.325 e. The molecule has 1 aromatic rings. The molecule has 0 saturated carbocycles. The van der Waals surface area contributed by atoms with Gasteiger partial charge in [-0.2, -0.15) is 0 Å². The zero-order valence-electron chi connectivity index (χ0n) is 16.4. The minimum absolute atomic E-state index is 0.283. The average molecular weight is 439 g/mol. The fourth-order valence-corrected chi connectivity index (χ4v) is 4.58. The monoisotopic (exact) mass is 438 g/mol. The van der Waals surface area contributed by atoms with Gasteiger partial charge in [0, 0.05) is 56.4 Å². The number of hydrogen-bond acceptors (Lipinski definition) is 6. The molecule has 0 aromatic heterocycles. The fourth-order valence-electron chi connectivity index (χ4n) is 4.11. The number of piperazine rings is 1. The van der Waals surface area contributed by atoms with Gasteiger partial charge in [-0.1, -0.05) is 29.3 Å². The summed E-state index contributed by atoms with van der Waals surface area (Å²) in [4.78, 5) is 37.2. The van der Waals surface area contributed by atoms with Gasteiger partial charge in [0.1, 0.15) is 0 Å². The van der Waals surface area contributed by atoms with E-state index in [0.717, 1.165) is 44.2 Å². The van der Waals surface area contributed by atoms with Crippen LogP contribution in [0.5, 0.6) is 0 Å². The van der Waals surface area contributed by atoms with E-state index in [1.54, 1.807) is 13.1 Å². The maximum atomic E-state index is 12.4. The molecule has 0 radical (unpaired) electrons. The number of benzene rings is 1. The summed E-state index contributed by atoms with van der Waals surface area (Å²) in [5.41, 5.74) is 1.06. The number of amides is 3. The zero-order valence-corrected chi connectivity index (χ0v) is 17.9. The summed E-state index contributed by atoms with van der Waals surface area (Å²) in [5.74, 6) is 0.512. The van der Waals surface area contributed by atoms with Crippen LogP contribution in [0.3, 0.4) is 0 Å². The van der Waals surface area contributed by atoms with Crippen LogP contribution in [0.4, 0.5) is 4.79 Å². The van der Waals surface area contributed by atoms with Crippen LogP contribution in [0.25, 0.3) is 0 Å². The van der Waals surface area contributed by atoms with Crippen LogP contribution in [-0.4, -0.2) is 89.5 Å². The molecule has 29 heavy (non-hydrogen) atoms. The van der Waals surface area contributed by atoms with Crippen molar-refractivity contribution in [2.45, 2.75) is 25.7 Å². The highest BCUT2D eigenvalue weighted by Gasteiger charge is 2.49. The van der Waals surface area contributed by atoms with E-state index in [2.05, 4.69) is 15.1 Å². The van der Waals surface area contributed by atoms with Crippen molar-refractivity contribution in [1.29, 1.82) is 0 Å². The van der Waals surface area contributed by atoms with Crippen molar-refractivity contribution in [1.82, 2.24) is 24.9 Å². The number of fused-ring (bicyclic) bond motifs is 1. The first-order valence-corrected chi connectivity index (χ1v) is 10.5. The standard InChI is InChI=1S/C19H24Cl2N6O2/c1-3-27-15-16(24(2)19(29)23-17(15)28)22-18(27)26-8-6-25(7-9-26)11-12-4-5-13(20)10-14(12)21/h4-5,10,15-16H,3,6-9,11H2,1-2H3,(H,23,28,29). The summed E-state index contributed by atoms with van der Waals surface area (Å²) >= 11 is 12.3. The Bertz CT molecular complexity index is 855. The lowest BCUT2D eigenvalue weighted by atomic mass is 10.1. The second-order valence-electron chi connectivity index (χ2n) is 7.48. The number of carbonyl (C=O) groups is 2. The molecule has 2 atom stereocenters. The summed E-state index contributed by atoms with van der Waals surface area (Å²) in [6.45, 7) is 6.70. The number of aliphatic imine (C=N–C) groups is 1. The summed E-state index contributed by atoms with van der Waals surface area (Å²) in [6, 6.07) is 4.72. The second kappa shape index (κ2) is 8.01. The third-order valence-corrected chi connectivity index (χ3v) is 6.33. The lowest BCUT2D eigenvalue weighted by Gasteiger charge is -2.40. The second-order valence-corrected chi connectivity index (χ2v) is 8.32. The Labute approximate surface area is 180 Å². The van der Waals surface area contributed by atoms with Gasteiger partial charge in [0.2, 0.25) is 0 Å². The average Bonchev–Trinajstić information content (AvgIpc) is 3.09. The van der Waals surface area contributed by atoms with Crippen LogP contribution in [0.15, 0.2) is 23.2 Å². The predicted octanol–water partition coefficient (Wildman–Crippen LogP) is 1.68. The molecule has 0 bridgehead atoms. The van der Waals surface area contributed by atoms with Crippen molar-refractivity contribution >= 4 is 41.1 Å². The fraction of sp³-hybridized carbons (Fsp3) is 0.526. The van der Waals surface area contributed by atoms with Crippen molar-refractivity contribution in [3.63, 3.8) is 0 Å². The maximum absolute atomic E-state index is 12.4. The molecule has 1 N–H and O–H groups in total. The van der Waals surface area contributed by atoms with Gasteiger partial charge in [0.25, 0.3) is 5.91 Å². The number of nitrogens with zero attached hydrogens (tertiary/aromatic N) is 5. The third kappa shape index (κ3) is 3.76. The Balaban J connectivity index is 1.43. The van der Waals surface area contributed by atoms with Gasteiger partial charge in [0.05, 0.1) is 0 Å². The Morgan fingerprint density at radius 3 is 2.55 bits per heavy atom. The van der Waals surface area contributed by atoms with E-state index in [1.165, 1.54) is 4.90 Å². The first-order valence-electron chi connectivity index (χ1n) is 9.72. The van der Waals surface area contributed by atoms with Crippen molar-refractivity contribution in [3.05, 3.63) is 33.8 Å². The van der Waals surface area contributed by atoms with Crippen molar-refractivity contribution in [3.8, 4) is 0 Å². The van der Waals surface area contributed by atoms with Crippen molar-refractivity contribution in [2.24, 2.45) is 4.99 Å². The smallest absolute Gasteiger partial charge is 0.325 e. The molecule has 156 valence electrons. The number of likely N-dealkylation sites (N-methyl/N-ethyl adjacent to an activating group) is 2. The molecule has 2 unspecified atom stereocenters. The van der Waals surface area contributed by atoms with Crippen LogP contribution < -0.4 is 5.32 Å². The topological polar surface area (TPSA) is 71.5 Å². The number of carbonyl (C=O) groups excluding carboxylic acids is 2. The van der Waals surface area contributed by atoms with E-state index in [1.807, 2.05) is 24.0 Å². The summed E-state index contributed by atoms with van der Waals surface area (Å²) in [5, 5.41) is 3.73. The molecule has 3 heterocycles. The highest BCUT2D eigenvalue weighted by molar-refractivity contribution is 6.35. The van der Waals surface area contributed by atoms with Crippen LogP contribution in [-0.2, 0) is 11.3 Å². The molecular weight excluding hydrogens is 415 g/mol. The number of halogens is 2. The zero-order chi connectivity index (χ0) is 20.7. The van der Waals surface area contributed by atoms with Gasteiger partial charge in [-0.15, -0.1) is 0 Å². The first kappa shape index (κ1) is 20.3. The highest BCUT2D eigenvalue weighted by Crippen LogP contribution is 2.26. The molecule has 3 aliphatic heterocycles. The normalized spacial score (nSPS) is 25.2. The number of urea groups is 1. The Hall–Kier alpha value is -2.03. The van der Waals surface area contributed by atoms with Gasteiger partial charge in [-0.3, -0.25) is 15.0 Å². The van der Waals surface area contributed by atoms with Gasteiger partial charge in [-0.25, -0.2) is 9.79 Å². The molecule has 2 fully saturated rings. The van der Waals surface area contributed by atoms with E-state index in [4.69, 9.17) is 28.2 Å². The number of rotatable bonds is 3. The Kier molecular flexibility index (Phi) is 5.59. The van der Waals surface area contributed by atoms with Gasteiger partial charge in [-0.05, 0) is 24.6 Å². The van der Waals surface area contributed by atoms with Crippen LogP contribution >= 0.6 is 23.2 Å². The number of hydrogen-bond donors (Lipinski definition) is 1. The molecule has 8 nitrogen and oxygen atoms in total. The van der Waals surface area contributed by atoms with Crippen LogP contribution in [0, 0.1) is 0 Å². The van der Waals surface area contributed by atoms with Crippen LogP contribution in [0.1, 0.15) is 12.5 Å². The molecule has 1 aromatic carbocycles. The minimum Gasteiger partial charge on any atom is -0.340 e. The van der Waals surface area contributed by atoms with E-state index in [-0.39, 0.29) is 5.91 Å². The first-order chi connectivity index (χ1) is 13.9. The van der Waals surface area contributed by atoms with Gasteiger partial charge >= 0.3 is 6.03 Å². The number of imide groups is 1. The molecule has 10 heteroatoms. The summed E-state index contributed by atoms with van der Waals surface area (Å²) in [6.07, 6.45) is -0.475. The van der Waals surface area contributed by atoms with Crippen LogP contribution in [0.2, 0.25) is 10.0 Å². The molecule has 3 amide bonds. The molecule has 3 aliphatic rings. The minimum atomic E-state index is -0.475. The SMILES string of the molecule is CCN1C(N2CCN(Cc3ccc(Cl)cc3Cl)CC2)=NC2C1C(=O)NC(=O)N2C. The third-order valence-electron chi connectivity index (χ3n) is 5.74. The lowest BCUT2D eigenvalue weighted by molar-refractivity contribution is -0.127. The molecule has 0 spiro atoms. The molecule has 2 saturated heterocycles. The lowest BCUT2D eigenvalue weighted by Crippen LogP contribution is -2.64. The Morgan fingerprint density at radius 1 is 1.17 bits per heavy atom. The van der Waals surface area contributed by atoms with E-state index < -0.39 is 18.2 Å². The summed E-state index contributed by atoms with van der Waals surface area (Å²) in [7, 11) is 1.67. The van der Waals surface area contributed by atoms with Gasteiger partial charge < -0.3 is 14.7 Å². The van der Waals surface area contributed by atoms with Crippen molar-refractivity contribution in [2.75, 3.05) is 39.8 Å². The highest BCUT2D eigenvalue weighted by atomic mass is 35.5. The summed E-state index contributed by atoms with van der Waals surface area (Å²) < 4.78 is 0. The van der Waals surface area contributed by atoms with E-state index in [0.29, 0.717) is 16.6 Å². The van der Waals surface area contributed by atoms with E-state index >= 15 is 0 Å². The Morgan fingerprint density at radius 2 is 1.90 bits per heavy atom. The van der Waals surface area contributed by atoms with Gasteiger partial charge in [0.15, 0.2) is 18.2 Å². The largest absolute Gasteiger partial charge is 0.340 e. The molecular formula is C19H24Cl2N6O2. The molecule has 4 rings (SSSR count). The number of guanidine groups is 1. The number of nitrogens with one attached hydrogen (secondary N) is 1. The van der Waals surface area contributed by atoms with Crippen molar-refractivity contribution < 1.29 is 9.59 Å². The molecule has 0 aliphatic carbocycles. The predicted molar refractivity (Wildman–Crippen MR) is 112 cm³/mol.